The lowest BCUT2D eigenvalue weighted by Crippen LogP contribution is -2.14. The Kier molecular flexibility index (Phi) is 6.97. The molecule has 0 saturated carbocycles. The molecule has 38 heavy (non-hydrogen) atoms. The lowest BCUT2D eigenvalue weighted by molar-refractivity contribution is -0.115. The van der Waals surface area contributed by atoms with Crippen LogP contribution in [0.25, 0.3) is 32.9 Å². The molecule has 2 N–H and O–H groups in total. The smallest absolute Gasteiger partial charge is 0.256 e. The van der Waals surface area contributed by atoms with Crippen molar-refractivity contribution in [2.45, 2.75) is 13.3 Å². The third kappa shape index (κ3) is 4.44. The van der Waals surface area contributed by atoms with Crippen molar-refractivity contribution in [1.82, 2.24) is 9.55 Å². The van der Waals surface area contributed by atoms with E-state index in [4.69, 9.17) is 27.9 Å². The summed E-state index contributed by atoms with van der Waals surface area (Å²) in [5, 5.41) is 7.68. The molecule has 0 spiro atoms. The van der Waals surface area contributed by atoms with Gasteiger partial charge in [0.05, 0.1) is 33.9 Å². The molecule has 0 aliphatic rings. The first-order chi connectivity index (χ1) is 18.3. The Morgan fingerprint density at radius 2 is 1.71 bits per heavy atom. The van der Waals surface area contributed by atoms with Gasteiger partial charge in [-0.2, -0.15) is 0 Å². The van der Waals surface area contributed by atoms with Crippen LogP contribution in [0.4, 0.5) is 11.4 Å². The maximum absolute atomic E-state index is 13.9. The van der Waals surface area contributed by atoms with Crippen LogP contribution in [0.15, 0.2) is 67.0 Å². The highest BCUT2D eigenvalue weighted by atomic mass is 35.5. The van der Waals surface area contributed by atoms with Gasteiger partial charge in [-0.05, 0) is 29.8 Å². The quantitative estimate of drug-likeness (QED) is 0.234. The highest BCUT2D eigenvalue weighted by Gasteiger charge is 2.25. The largest absolute Gasteiger partial charge is 0.494 e. The Hall–Kier alpha value is -4.07. The molecule has 0 aliphatic heterocycles. The number of aromatic nitrogens is 2. The summed E-state index contributed by atoms with van der Waals surface area (Å²) < 4.78 is 7.94. The van der Waals surface area contributed by atoms with Gasteiger partial charge in [-0.3, -0.25) is 14.6 Å². The van der Waals surface area contributed by atoms with Gasteiger partial charge in [0.15, 0.2) is 5.75 Å². The number of hydrogen-bond acceptors (Lipinski definition) is 4. The van der Waals surface area contributed by atoms with Crippen molar-refractivity contribution in [3.8, 4) is 16.9 Å². The number of ether oxygens (including phenoxy) is 1. The summed E-state index contributed by atoms with van der Waals surface area (Å²) >= 11 is 12.6. The van der Waals surface area contributed by atoms with Crippen LogP contribution in [-0.4, -0.2) is 28.5 Å². The Bertz CT molecular complexity index is 1690. The highest BCUT2D eigenvalue weighted by Crippen LogP contribution is 2.44. The number of rotatable bonds is 6. The Balaban J connectivity index is 1.83. The predicted molar refractivity (Wildman–Crippen MR) is 154 cm³/mol. The fourth-order valence-corrected chi connectivity index (χ4v) is 5.11. The molecule has 2 aromatic heterocycles. The maximum atomic E-state index is 13.9. The van der Waals surface area contributed by atoms with Gasteiger partial charge in [0, 0.05) is 53.4 Å². The number of fused-ring (bicyclic) bond motifs is 3. The topological polar surface area (TPSA) is 85.2 Å². The molecule has 0 radical (unpaired) electrons. The van der Waals surface area contributed by atoms with E-state index in [1.165, 1.54) is 12.4 Å². The van der Waals surface area contributed by atoms with Crippen LogP contribution in [-0.2, 0) is 11.8 Å². The van der Waals surface area contributed by atoms with Crippen LogP contribution in [0.1, 0.15) is 23.7 Å². The number of benzene rings is 3. The molecule has 3 aromatic carbocycles. The molecular formula is C29H24Cl2N4O3. The van der Waals surface area contributed by atoms with E-state index in [-0.39, 0.29) is 21.6 Å². The SMILES string of the molecule is CCC(=O)Nc1ccc2c(c1)c1c(C(=O)Nc3c(Cl)cncc3Cl)cc(-c3ccccc3)c(OC)c1n2C. The summed E-state index contributed by atoms with van der Waals surface area (Å²) in [6.45, 7) is 1.79. The standard InChI is InChI=1S/C29H24Cl2N4O3/c1-4-24(36)33-17-10-11-23-19(12-17)25-20(29(37)34-26-21(30)14-32-15-22(26)31)13-18(16-8-6-5-7-9-16)28(38-3)27(25)35(23)2/h5-15H,4H2,1-3H3,(H,33,36)(H,32,34,37). The second-order valence-electron chi connectivity index (χ2n) is 8.72. The molecule has 9 heteroatoms. The predicted octanol–water partition coefficient (Wildman–Crippen LogP) is 7.31. The Morgan fingerprint density at radius 1 is 1.00 bits per heavy atom. The monoisotopic (exact) mass is 546 g/mol. The Labute approximate surface area is 229 Å². The zero-order valence-electron chi connectivity index (χ0n) is 20.9. The molecule has 0 unspecified atom stereocenters. The van der Waals surface area contributed by atoms with Crippen LogP contribution < -0.4 is 15.4 Å². The van der Waals surface area contributed by atoms with Gasteiger partial charge in [-0.15, -0.1) is 0 Å². The molecule has 0 saturated heterocycles. The third-order valence-electron chi connectivity index (χ3n) is 6.45. The fraction of sp³-hybridized carbons (Fsp3) is 0.138. The van der Waals surface area contributed by atoms with Crippen molar-refractivity contribution in [2.75, 3.05) is 17.7 Å². The number of carbonyl (C=O) groups is 2. The average Bonchev–Trinajstić information content (AvgIpc) is 3.22. The number of halogens is 2. The van der Waals surface area contributed by atoms with Gasteiger partial charge in [0.2, 0.25) is 5.91 Å². The summed E-state index contributed by atoms with van der Waals surface area (Å²) in [6.07, 6.45) is 3.19. The molecule has 2 amide bonds. The van der Waals surface area contributed by atoms with Crippen molar-refractivity contribution in [1.29, 1.82) is 0 Å². The van der Waals surface area contributed by atoms with Crippen LogP contribution in [0.3, 0.4) is 0 Å². The first-order valence-electron chi connectivity index (χ1n) is 11.9. The van der Waals surface area contributed by atoms with Crippen LogP contribution >= 0.6 is 23.2 Å². The lowest BCUT2D eigenvalue weighted by Gasteiger charge is -2.16. The van der Waals surface area contributed by atoms with Crippen molar-refractivity contribution < 1.29 is 14.3 Å². The summed E-state index contributed by atoms with van der Waals surface area (Å²) in [6, 6.07) is 17.2. The number of pyridine rings is 1. The summed E-state index contributed by atoms with van der Waals surface area (Å²) in [5.41, 5.74) is 4.55. The number of nitrogens with one attached hydrogen (secondary N) is 2. The molecule has 5 rings (SSSR count). The van der Waals surface area contributed by atoms with E-state index in [9.17, 15) is 9.59 Å². The van der Waals surface area contributed by atoms with E-state index in [2.05, 4.69) is 15.6 Å². The zero-order valence-corrected chi connectivity index (χ0v) is 22.4. The Morgan fingerprint density at radius 3 is 2.37 bits per heavy atom. The number of hydrogen-bond donors (Lipinski definition) is 2. The van der Waals surface area contributed by atoms with E-state index in [0.29, 0.717) is 28.8 Å². The molecule has 0 fully saturated rings. The molecule has 5 aromatic rings. The van der Waals surface area contributed by atoms with E-state index in [1.54, 1.807) is 14.0 Å². The molecule has 7 nitrogen and oxygen atoms in total. The molecule has 2 heterocycles. The number of nitrogens with zero attached hydrogens (tertiary/aromatic N) is 2. The van der Waals surface area contributed by atoms with Gasteiger partial charge in [-0.1, -0.05) is 60.5 Å². The van der Waals surface area contributed by atoms with E-state index in [0.717, 1.165) is 27.5 Å². The first-order valence-corrected chi connectivity index (χ1v) is 12.7. The number of aryl methyl sites for hydroxylation is 1. The van der Waals surface area contributed by atoms with E-state index >= 15 is 0 Å². The van der Waals surface area contributed by atoms with Crippen molar-refractivity contribution in [2.24, 2.45) is 7.05 Å². The fourth-order valence-electron chi connectivity index (χ4n) is 4.65. The maximum Gasteiger partial charge on any atom is 0.256 e. The van der Waals surface area contributed by atoms with E-state index < -0.39 is 5.91 Å². The molecule has 0 atom stereocenters. The van der Waals surface area contributed by atoms with Gasteiger partial charge in [-0.25, -0.2) is 0 Å². The molecular weight excluding hydrogens is 523 g/mol. The minimum Gasteiger partial charge on any atom is -0.494 e. The second kappa shape index (κ2) is 10.4. The van der Waals surface area contributed by atoms with Gasteiger partial charge < -0.3 is 19.9 Å². The van der Waals surface area contributed by atoms with Gasteiger partial charge in [0.1, 0.15) is 0 Å². The molecule has 192 valence electrons. The minimum absolute atomic E-state index is 0.103. The summed E-state index contributed by atoms with van der Waals surface area (Å²) in [4.78, 5) is 30.0. The number of methoxy groups -OCH3 is 1. The van der Waals surface area contributed by atoms with Crippen molar-refractivity contribution in [3.05, 3.63) is 82.6 Å². The van der Waals surface area contributed by atoms with Crippen LogP contribution in [0.2, 0.25) is 10.0 Å². The molecule has 0 aliphatic carbocycles. The second-order valence-corrected chi connectivity index (χ2v) is 9.53. The normalized spacial score (nSPS) is 11.1. The number of amides is 2. The summed E-state index contributed by atoms with van der Waals surface area (Å²) in [5.74, 6) is 0.120. The minimum atomic E-state index is -0.402. The number of anilines is 2. The van der Waals surface area contributed by atoms with Crippen molar-refractivity contribution >= 4 is 68.2 Å². The van der Waals surface area contributed by atoms with Gasteiger partial charge in [0.25, 0.3) is 5.91 Å². The highest BCUT2D eigenvalue weighted by molar-refractivity contribution is 6.40. The number of carbonyl (C=O) groups excluding carboxylic acids is 2. The van der Waals surface area contributed by atoms with Crippen LogP contribution in [0, 0.1) is 0 Å². The van der Waals surface area contributed by atoms with E-state index in [1.807, 2.05) is 66.2 Å². The zero-order chi connectivity index (χ0) is 27.0. The third-order valence-corrected chi connectivity index (χ3v) is 7.02. The summed E-state index contributed by atoms with van der Waals surface area (Å²) in [7, 11) is 3.53. The first kappa shape index (κ1) is 25.6. The van der Waals surface area contributed by atoms with Crippen LogP contribution in [0.5, 0.6) is 5.75 Å². The van der Waals surface area contributed by atoms with Crippen molar-refractivity contribution in [3.63, 3.8) is 0 Å². The molecule has 0 bridgehead atoms. The lowest BCUT2D eigenvalue weighted by atomic mass is 9.96. The average molecular weight is 547 g/mol. The van der Waals surface area contributed by atoms with Gasteiger partial charge >= 0.3 is 0 Å².